The first-order valence-corrected chi connectivity index (χ1v) is 8.72. The number of halogens is 1. The lowest BCUT2D eigenvalue weighted by molar-refractivity contribution is -0.136. The molecule has 0 saturated carbocycles. The van der Waals surface area contributed by atoms with E-state index in [0.29, 0.717) is 33.3 Å². The van der Waals surface area contributed by atoms with Gasteiger partial charge in [0.25, 0.3) is 11.8 Å². The number of nitrogens with one attached hydrogen (secondary N) is 1. The lowest BCUT2D eigenvalue weighted by Crippen LogP contribution is -2.32. The van der Waals surface area contributed by atoms with Gasteiger partial charge in [-0.25, -0.2) is 0 Å². The minimum absolute atomic E-state index is 0.208. The smallest absolute Gasteiger partial charge is 0.278 e. The minimum Gasteiger partial charge on any atom is -0.497 e. The molecule has 2 aromatic rings. The normalized spacial score (nSPS) is 14.0. The monoisotopic (exact) mass is 386 g/mol. The summed E-state index contributed by atoms with van der Waals surface area (Å²) in [5.74, 6) is 0.403. The molecule has 0 aliphatic carbocycles. The number of ether oxygens (including phenoxy) is 2. The molecule has 0 unspecified atom stereocenters. The van der Waals surface area contributed by atoms with Crippen molar-refractivity contribution in [1.82, 2.24) is 4.90 Å². The van der Waals surface area contributed by atoms with Crippen molar-refractivity contribution in [3.8, 4) is 11.5 Å². The summed E-state index contributed by atoms with van der Waals surface area (Å²) in [5, 5.41) is 3.62. The van der Waals surface area contributed by atoms with E-state index >= 15 is 0 Å². The Bertz CT molecular complexity index is 900. The number of hydrogen-bond donors (Lipinski definition) is 1. The average Bonchev–Trinajstić information content (AvgIpc) is 2.91. The zero-order chi connectivity index (χ0) is 19.6. The van der Waals surface area contributed by atoms with Crippen molar-refractivity contribution in [3.63, 3.8) is 0 Å². The van der Waals surface area contributed by atoms with E-state index < -0.39 is 0 Å². The van der Waals surface area contributed by atoms with Gasteiger partial charge >= 0.3 is 0 Å². The van der Waals surface area contributed by atoms with Crippen molar-refractivity contribution in [2.24, 2.45) is 0 Å². The topological polar surface area (TPSA) is 67.9 Å². The molecule has 0 saturated heterocycles. The van der Waals surface area contributed by atoms with Crippen molar-refractivity contribution in [3.05, 3.63) is 58.7 Å². The summed E-state index contributed by atoms with van der Waals surface area (Å²) < 4.78 is 10.5. The Morgan fingerprint density at radius 2 is 1.56 bits per heavy atom. The summed E-state index contributed by atoms with van der Waals surface area (Å²) in [5.41, 5.74) is 1.71. The molecular weight excluding hydrogens is 368 g/mol. The second-order valence-electron chi connectivity index (χ2n) is 5.84. The lowest BCUT2D eigenvalue weighted by Gasteiger charge is -2.13. The molecule has 6 nitrogen and oxygen atoms in total. The highest BCUT2D eigenvalue weighted by atomic mass is 35.5. The summed E-state index contributed by atoms with van der Waals surface area (Å²) in [6.07, 6.45) is 0. The molecule has 1 N–H and O–H groups in total. The molecule has 7 heteroatoms. The predicted molar refractivity (Wildman–Crippen MR) is 104 cm³/mol. The van der Waals surface area contributed by atoms with Crippen LogP contribution in [0.25, 0.3) is 5.57 Å². The highest BCUT2D eigenvalue weighted by molar-refractivity contribution is 6.36. The molecule has 0 spiro atoms. The maximum Gasteiger partial charge on any atom is 0.278 e. The molecule has 1 aliphatic rings. The molecule has 0 radical (unpaired) electrons. The molecule has 1 aliphatic heterocycles. The summed E-state index contributed by atoms with van der Waals surface area (Å²) >= 11 is 5.95. The maximum atomic E-state index is 12.8. The van der Waals surface area contributed by atoms with Crippen LogP contribution in [0.4, 0.5) is 5.69 Å². The third kappa shape index (κ3) is 3.61. The molecule has 0 fully saturated rings. The van der Waals surface area contributed by atoms with Crippen LogP contribution in [-0.4, -0.2) is 37.5 Å². The maximum absolute atomic E-state index is 12.8. The van der Waals surface area contributed by atoms with Gasteiger partial charge in [0.05, 0.1) is 19.8 Å². The fourth-order valence-corrected chi connectivity index (χ4v) is 3.01. The molecule has 3 rings (SSSR count). The quantitative estimate of drug-likeness (QED) is 0.769. The molecule has 0 aromatic heterocycles. The third-order valence-electron chi connectivity index (χ3n) is 4.24. The van der Waals surface area contributed by atoms with Gasteiger partial charge in [-0.3, -0.25) is 14.5 Å². The minimum atomic E-state index is -0.380. The Hall–Kier alpha value is -2.99. The molecule has 27 heavy (non-hydrogen) atoms. The Labute approximate surface area is 162 Å². The van der Waals surface area contributed by atoms with Crippen molar-refractivity contribution in [2.75, 3.05) is 26.1 Å². The van der Waals surface area contributed by atoms with Gasteiger partial charge < -0.3 is 14.8 Å². The molecule has 2 amide bonds. The second kappa shape index (κ2) is 7.72. The standard InChI is InChI=1S/C20H19ClN2O4/c1-4-23-19(24)17(12-5-7-13(21)8-6-12)18(20(23)25)22-14-9-15(26-2)11-16(10-14)27-3/h5-11,22H,4H2,1-3H3. The highest BCUT2D eigenvalue weighted by Gasteiger charge is 2.38. The SMILES string of the molecule is CCN1C(=O)C(Nc2cc(OC)cc(OC)c2)=C(c2ccc(Cl)cc2)C1=O. The first-order valence-electron chi connectivity index (χ1n) is 8.35. The van der Waals surface area contributed by atoms with E-state index in [1.54, 1.807) is 63.6 Å². The van der Waals surface area contributed by atoms with Crippen molar-refractivity contribution in [1.29, 1.82) is 0 Å². The van der Waals surface area contributed by atoms with Gasteiger partial charge in [-0.2, -0.15) is 0 Å². The van der Waals surface area contributed by atoms with Gasteiger partial charge in [0.2, 0.25) is 0 Å². The molecular formula is C20H19ClN2O4. The van der Waals surface area contributed by atoms with E-state index in [0.717, 1.165) is 0 Å². The number of carbonyl (C=O) groups excluding carboxylic acids is 2. The highest BCUT2D eigenvalue weighted by Crippen LogP contribution is 2.33. The largest absolute Gasteiger partial charge is 0.497 e. The van der Waals surface area contributed by atoms with E-state index in [2.05, 4.69) is 5.32 Å². The fourth-order valence-electron chi connectivity index (χ4n) is 2.89. The fraction of sp³-hybridized carbons (Fsp3) is 0.200. The molecule has 140 valence electrons. The van der Waals surface area contributed by atoms with E-state index in [9.17, 15) is 9.59 Å². The number of likely N-dealkylation sites (N-methyl/N-ethyl adjacent to an activating group) is 1. The van der Waals surface area contributed by atoms with Crippen LogP contribution in [0.3, 0.4) is 0 Å². The van der Waals surface area contributed by atoms with Crippen LogP contribution >= 0.6 is 11.6 Å². The summed E-state index contributed by atoms with van der Waals surface area (Å²) in [6, 6.07) is 12.0. The summed E-state index contributed by atoms with van der Waals surface area (Å²) in [6.45, 7) is 2.04. The van der Waals surface area contributed by atoms with Gasteiger partial charge in [-0.1, -0.05) is 23.7 Å². The predicted octanol–water partition coefficient (Wildman–Crippen LogP) is 3.57. The number of benzene rings is 2. The van der Waals surface area contributed by atoms with Gasteiger partial charge in [-0.15, -0.1) is 0 Å². The van der Waals surface area contributed by atoms with Gasteiger partial charge in [0.15, 0.2) is 0 Å². The molecule has 1 heterocycles. The van der Waals surface area contributed by atoms with Crippen LogP contribution in [0.1, 0.15) is 12.5 Å². The van der Waals surface area contributed by atoms with Gasteiger partial charge in [0, 0.05) is 35.5 Å². The lowest BCUT2D eigenvalue weighted by atomic mass is 10.0. The molecule has 0 bridgehead atoms. The van der Waals surface area contributed by atoms with Crippen molar-refractivity contribution in [2.45, 2.75) is 6.92 Å². The Morgan fingerprint density at radius 1 is 0.963 bits per heavy atom. The van der Waals surface area contributed by atoms with E-state index in [1.807, 2.05) is 0 Å². The number of carbonyl (C=O) groups is 2. The summed E-state index contributed by atoms with van der Waals surface area (Å²) in [7, 11) is 3.08. The van der Waals surface area contributed by atoms with Crippen LogP contribution in [-0.2, 0) is 9.59 Å². The zero-order valence-electron chi connectivity index (χ0n) is 15.2. The van der Waals surface area contributed by atoms with Crippen molar-refractivity contribution < 1.29 is 19.1 Å². The molecule has 0 atom stereocenters. The zero-order valence-corrected chi connectivity index (χ0v) is 16.0. The van der Waals surface area contributed by atoms with Crippen LogP contribution in [0, 0.1) is 0 Å². The van der Waals surface area contributed by atoms with Gasteiger partial charge in [0.1, 0.15) is 17.2 Å². The van der Waals surface area contributed by atoms with Gasteiger partial charge in [-0.05, 0) is 24.6 Å². The number of anilines is 1. The Morgan fingerprint density at radius 3 is 2.07 bits per heavy atom. The van der Waals surface area contributed by atoms with Crippen molar-refractivity contribution >= 4 is 34.7 Å². The van der Waals surface area contributed by atoms with Crippen LogP contribution in [0.5, 0.6) is 11.5 Å². The van der Waals surface area contributed by atoms with Crippen LogP contribution in [0.15, 0.2) is 48.2 Å². The first kappa shape index (κ1) is 18.8. The number of hydrogen-bond acceptors (Lipinski definition) is 5. The van der Waals surface area contributed by atoms with Crippen LogP contribution in [0.2, 0.25) is 5.02 Å². The number of amides is 2. The summed E-state index contributed by atoms with van der Waals surface area (Å²) in [4.78, 5) is 26.8. The van der Waals surface area contributed by atoms with Crippen LogP contribution < -0.4 is 14.8 Å². The number of nitrogens with zero attached hydrogens (tertiary/aromatic N) is 1. The second-order valence-corrected chi connectivity index (χ2v) is 6.27. The van der Waals surface area contributed by atoms with E-state index in [1.165, 1.54) is 4.90 Å². The van der Waals surface area contributed by atoms with E-state index in [4.69, 9.17) is 21.1 Å². The van der Waals surface area contributed by atoms with E-state index in [-0.39, 0.29) is 24.1 Å². The number of rotatable bonds is 6. The third-order valence-corrected chi connectivity index (χ3v) is 4.49. The average molecular weight is 387 g/mol. The Balaban J connectivity index is 2.09. The first-order chi connectivity index (χ1) is 13.0. The molecule has 2 aromatic carbocycles. The number of methoxy groups -OCH3 is 2. The Kier molecular flexibility index (Phi) is 5.37. The number of imide groups is 1.